The molecule has 5 heteroatoms. The number of likely N-dealkylation sites (N-methyl/N-ethyl adjacent to an activating group) is 1. The highest BCUT2D eigenvalue weighted by Gasteiger charge is 2.31. The summed E-state index contributed by atoms with van der Waals surface area (Å²) in [6.45, 7) is 10.3. The normalized spacial score (nSPS) is 25.6. The van der Waals surface area contributed by atoms with E-state index in [-0.39, 0.29) is 5.97 Å². The molecule has 0 aromatic rings. The van der Waals surface area contributed by atoms with E-state index in [1.54, 1.807) is 13.8 Å². The zero-order valence-corrected chi connectivity index (χ0v) is 12.8. The Hall–Kier alpha value is -0.650. The van der Waals surface area contributed by atoms with E-state index in [1.807, 2.05) is 0 Å². The second-order valence-electron chi connectivity index (χ2n) is 5.89. The molecule has 0 amide bonds. The largest absolute Gasteiger partial charge is 0.465 e. The number of hydrogen-bond acceptors (Lipinski definition) is 5. The van der Waals surface area contributed by atoms with Gasteiger partial charge < -0.3 is 15.4 Å². The van der Waals surface area contributed by atoms with E-state index in [0.717, 1.165) is 26.2 Å². The van der Waals surface area contributed by atoms with E-state index in [9.17, 15) is 4.79 Å². The Kier molecular flexibility index (Phi) is 6.23. The SMILES string of the molecule is CCOC(=O)C(C)(N)CCN1CCCN(C)CC1C. The fourth-order valence-electron chi connectivity index (χ4n) is 2.53. The van der Waals surface area contributed by atoms with Crippen molar-refractivity contribution in [3.05, 3.63) is 0 Å². The van der Waals surface area contributed by atoms with Gasteiger partial charge in [0.25, 0.3) is 0 Å². The lowest BCUT2D eigenvalue weighted by atomic mass is 9.99. The third kappa shape index (κ3) is 5.09. The van der Waals surface area contributed by atoms with Crippen LogP contribution in [0.5, 0.6) is 0 Å². The van der Waals surface area contributed by atoms with Crippen LogP contribution < -0.4 is 5.73 Å². The summed E-state index contributed by atoms with van der Waals surface area (Å²) in [7, 11) is 2.16. The van der Waals surface area contributed by atoms with Crippen molar-refractivity contribution in [2.75, 3.05) is 39.8 Å². The van der Waals surface area contributed by atoms with Crippen molar-refractivity contribution in [1.82, 2.24) is 9.80 Å². The van der Waals surface area contributed by atoms with Crippen LogP contribution in [0.15, 0.2) is 0 Å². The summed E-state index contributed by atoms with van der Waals surface area (Å²) < 4.78 is 5.02. The van der Waals surface area contributed by atoms with Crippen molar-refractivity contribution in [2.45, 2.75) is 45.2 Å². The molecule has 0 aliphatic carbocycles. The lowest BCUT2D eigenvalue weighted by Gasteiger charge is -2.31. The Morgan fingerprint density at radius 2 is 2.16 bits per heavy atom. The van der Waals surface area contributed by atoms with Gasteiger partial charge in [0, 0.05) is 19.1 Å². The van der Waals surface area contributed by atoms with E-state index in [4.69, 9.17) is 10.5 Å². The maximum Gasteiger partial charge on any atom is 0.325 e. The van der Waals surface area contributed by atoms with E-state index >= 15 is 0 Å². The number of nitrogens with zero attached hydrogens (tertiary/aromatic N) is 2. The zero-order valence-electron chi connectivity index (χ0n) is 12.8. The molecule has 2 N–H and O–H groups in total. The zero-order chi connectivity index (χ0) is 14.5. The van der Waals surface area contributed by atoms with Crippen LogP contribution in [-0.4, -0.2) is 67.2 Å². The molecule has 1 rings (SSSR count). The molecular formula is C14H29N3O2. The van der Waals surface area contributed by atoms with Gasteiger partial charge in [-0.15, -0.1) is 0 Å². The van der Waals surface area contributed by atoms with Gasteiger partial charge in [0.15, 0.2) is 0 Å². The third-order valence-corrected chi connectivity index (χ3v) is 3.84. The summed E-state index contributed by atoms with van der Waals surface area (Å²) >= 11 is 0. The predicted octanol–water partition coefficient (Wildman–Crippen LogP) is 0.683. The van der Waals surface area contributed by atoms with Gasteiger partial charge in [-0.3, -0.25) is 9.69 Å². The number of ether oxygens (including phenoxy) is 1. The Morgan fingerprint density at radius 3 is 2.79 bits per heavy atom. The van der Waals surface area contributed by atoms with Crippen LogP contribution in [0.2, 0.25) is 0 Å². The third-order valence-electron chi connectivity index (χ3n) is 3.84. The molecule has 5 nitrogen and oxygen atoms in total. The van der Waals surface area contributed by atoms with E-state index in [0.29, 0.717) is 19.1 Å². The maximum absolute atomic E-state index is 11.8. The molecule has 0 spiro atoms. The second kappa shape index (κ2) is 7.22. The molecule has 1 saturated heterocycles. The Bertz CT molecular complexity index is 294. The number of rotatable bonds is 5. The molecule has 0 saturated carbocycles. The van der Waals surface area contributed by atoms with Crippen molar-refractivity contribution in [1.29, 1.82) is 0 Å². The minimum absolute atomic E-state index is 0.297. The van der Waals surface area contributed by atoms with Crippen molar-refractivity contribution in [3.8, 4) is 0 Å². The highest BCUT2D eigenvalue weighted by Crippen LogP contribution is 2.14. The molecule has 1 heterocycles. The molecule has 19 heavy (non-hydrogen) atoms. The van der Waals surface area contributed by atoms with Crippen LogP contribution in [0, 0.1) is 0 Å². The minimum atomic E-state index is -0.881. The minimum Gasteiger partial charge on any atom is -0.465 e. The van der Waals surface area contributed by atoms with Gasteiger partial charge in [0.05, 0.1) is 6.61 Å². The van der Waals surface area contributed by atoms with Crippen LogP contribution in [0.4, 0.5) is 0 Å². The lowest BCUT2D eigenvalue weighted by Crippen LogP contribution is -2.49. The van der Waals surface area contributed by atoms with E-state index < -0.39 is 5.54 Å². The highest BCUT2D eigenvalue weighted by atomic mass is 16.5. The molecule has 0 bridgehead atoms. The number of esters is 1. The van der Waals surface area contributed by atoms with Crippen LogP contribution in [-0.2, 0) is 9.53 Å². The molecular weight excluding hydrogens is 242 g/mol. The topological polar surface area (TPSA) is 58.8 Å². The molecule has 0 radical (unpaired) electrons. The Labute approximate surface area is 117 Å². The van der Waals surface area contributed by atoms with Crippen molar-refractivity contribution in [3.63, 3.8) is 0 Å². The smallest absolute Gasteiger partial charge is 0.325 e. The summed E-state index contributed by atoms with van der Waals surface area (Å²) in [5.74, 6) is -0.297. The average molecular weight is 271 g/mol. The fraction of sp³-hybridized carbons (Fsp3) is 0.929. The van der Waals surface area contributed by atoms with Gasteiger partial charge in [-0.25, -0.2) is 0 Å². The predicted molar refractivity (Wildman–Crippen MR) is 77.0 cm³/mol. The second-order valence-corrected chi connectivity index (χ2v) is 5.89. The standard InChI is InChI=1S/C14H29N3O2/c1-5-19-13(18)14(3,15)7-10-17-9-6-8-16(4)11-12(17)2/h12H,5-11,15H2,1-4H3. The van der Waals surface area contributed by atoms with Crippen molar-refractivity contribution in [2.24, 2.45) is 5.73 Å². The van der Waals surface area contributed by atoms with Gasteiger partial charge in [0.2, 0.25) is 0 Å². The molecule has 112 valence electrons. The van der Waals surface area contributed by atoms with Crippen molar-refractivity contribution < 1.29 is 9.53 Å². The fourth-order valence-corrected chi connectivity index (χ4v) is 2.53. The van der Waals surface area contributed by atoms with Crippen LogP contribution >= 0.6 is 0 Å². The Balaban J connectivity index is 2.48. The highest BCUT2D eigenvalue weighted by molar-refractivity contribution is 5.79. The van der Waals surface area contributed by atoms with Gasteiger partial charge in [-0.2, -0.15) is 0 Å². The molecule has 2 unspecified atom stereocenters. The summed E-state index contributed by atoms with van der Waals surface area (Å²) in [6, 6.07) is 0.505. The summed E-state index contributed by atoms with van der Waals surface area (Å²) in [5, 5.41) is 0. The molecule has 0 aromatic carbocycles. The number of hydrogen-bond donors (Lipinski definition) is 1. The maximum atomic E-state index is 11.8. The molecule has 0 aromatic heterocycles. The quantitative estimate of drug-likeness (QED) is 0.745. The van der Waals surface area contributed by atoms with Crippen LogP contribution in [0.3, 0.4) is 0 Å². The number of nitrogens with two attached hydrogens (primary N) is 1. The molecule has 1 aliphatic rings. The lowest BCUT2D eigenvalue weighted by molar-refractivity contribution is -0.149. The van der Waals surface area contributed by atoms with E-state index in [2.05, 4.69) is 23.8 Å². The van der Waals surface area contributed by atoms with Crippen LogP contribution in [0.25, 0.3) is 0 Å². The number of carbonyl (C=O) groups is 1. The first-order chi connectivity index (χ1) is 8.86. The summed E-state index contributed by atoms with van der Waals surface area (Å²) in [4.78, 5) is 16.5. The van der Waals surface area contributed by atoms with Gasteiger partial charge in [-0.05, 0) is 53.8 Å². The van der Waals surface area contributed by atoms with E-state index in [1.165, 1.54) is 6.42 Å². The van der Waals surface area contributed by atoms with Gasteiger partial charge >= 0.3 is 5.97 Å². The first-order valence-electron chi connectivity index (χ1n) is 7.25. The first-order valence-corrected chi connectivity index (χ1v) is 7.25. The summed E-state index contributed by atoms with van der Waals surface area (Å²) in [5.41, 5.74) is 5.18. The number of carbonyl (C=O) groups excluding carboxylic acids is 1. The Morgan fingerprint density at radius 1 is 1.47 bits per heavy atom. The average Bonchev–Trinajstić information content (AvgIpc) is 2.48. The van der Waals surface area contributed by atoms with Crippen molar-refractivity contribution >= 4 is 5.97 Å². The molecule has 2 atom stereocenters. The molecule has 1 aliphatic heterocycles. The summed E-state index contributed by atoms with van der Waals surface area (Å²) in [6.07, 6.45) is 1.81. The van der Waals surface area contributed by atoms with Gasteiger partial charge in [0.1, 0.15) is 5.54 Å². The molecule has 1 fully saturated rings. The van der Waals surface area contributed by atoms with Gasteiger partial charge in [-0.1, -0.05) is 0 Å². The first kappa shape index (κ1) is 16.4. The monoisotopic (exact) mass is 271 g/mol. The van der Waals surface area contributed by atoms with Crippen LogP contribution in [0.1, 0.15) is 33.6 Å².